The number of ether oxygens (including phenoxy) is 4. The van der Waals surface area contributed by atoms with Gasteiger partial charge in [0, 0.05) is 45.2 Å². The summed E-state index contributed by atoms with van der Waals surface area (Å²) in [5.74, 6) is -5.36. The molecular weight excluding hydrogens is 943 g/mol. The van der Waals surface area contributed by atoms with Crippen molar-refractivity contribution in [1.82, 2.24) is 46.6 Å². The number of aromatic amines is 1. The standard InChI is InChI=1S/C44H77N9O16S/c1-34(54)19-20-35(43(60)61)47-39(56)22-21-36(44(62)63)48-42(59)33-69-30-28-67-26-24-46-41(58)32-68-29-27-66-25-23-45-38(55)18-15-31-70(64,65)51-40(57)17-14-12-10-8-6-4-2-3-5-7-9-11-13-16-37-49-52-53-50-37/h35-36H,2-33H2,1H3,(H,45,55)(H,46,58)(H,47,56)(H,48,59)(H,51,57)(H,60,61)(H,62,63)(H,49,50,52,53)/t35-,36-/m0/s1. The summed E-state index contributed by atoms with van der Waals surface area (Å²) in [7, 11) is -3.84. The lowest BCUT2D eigenvalue weighted by molar-refractivity contribution is -0.144. The first-order valence-corrected chi connectivity index (χ1v) is 25.9. The van der Waals surface area contributed by atoms with E-state index in [9.17, 15) is 57.0 Å². The fourth-order valence-corrected chi connectivity index (χ4v) is 7.65. The highest BCUT2D eigenvalue weighted by atomic mass is 32.2. The van der Waals surface area contributed by atoms with Crippen molar-refractivity contribution in [1.29, 1.82) is 0 Å². The summed E-state index contributed by atoms with van der Waals surface area (Å²) in [5, 5.41) is 42.2. The Morgan fingerprint density at radius 3 is 1.54 bits per heavy atom. The third-order valence-electron chi connectivity index (χ3n) is 10.3. The van der Waals surface area contributed by atoms with Crippen molar-refractivity contribution in [3.8, 4) is 0 Å². The van der Waals surface area contributed by atoms with E-state index in [2.05, 4.69) is 46.6 Å². The number of carboxylic acid groups (broad SMARTS) is 2. The molecule has 1 aromatic heterocycles. The van der Waals surface area contributed by atoms with Crippen molar-refractivity contribution in [2.75, 3.05) is 71.7 Å². The van der Waals surface area contributed by atoms with Gasteiger partial charge in [0.25, 0.3) is 0 Å². The van der Waals surface area contributed by atoms with Crippen LogP contribution in [0.15, 0.2) is 0 Å². The molecule has 400 valence electrons. The maximum absolute atomic E-state index is 12.3. The number of nitrogens with zero attached hydrogens (tertiary/aromatic N) is 3. The van der Waals surface area contributed by atoms with E-state index >= 15 is 0 Å². The molecule has 0 unspecified atom stereocenters. The lowest BCUT2D eigenvalue weighted by Gasteiger charge is -2.16. The Morgan fingerprint density at radius 1 is 0.543 bits per heavy atom. The van der Waals surface area contributed by atoms with Crippen molar-refractivity contribution in [2.24, 2.45) is 0 Å². The maximum Gasteiger partial charge on any atom is 0.326 e. The lowest BCUT2D eigenvalue weighted by Crippen LogP contribution is -2.45. The van der Waals surface area contributed by atoms with Crippen LogP contribution in [0.25, 0.3) is 0 Å². The van der Waals surface area contributed by atoms with E-state index in [0.717, 1.165) is 44.3 Å². The number of H-pyrrole nitrogens is 1. The second-order valence-electron chi connectivity index (χ2n) is 16.6. The Bertz CT molecular complexity index is 1770. The van der Waals surface area contributed by atoms with Gasteiger partial charge in [0.2, 0.25) is 39.6 Å². The number of tetrazole rings is 1. The van der Waals surface area contributed by atoms with E-state index in [4.69, 9.17) is 18.9 Å². The topological polar surface area (TPSA) is 363 Å². The smallest absolute Gasteiger partial charge is 0.326 e. The molecule has 70 heavy (non-hydrogen) atoms. The molecule has 0 aliphatic heterocycles. The first kappa shape index (κ1) is 62.8. The van der Waals surface area contributed by atoms with E-state index in [1.54, 1.807) is 0 Å². The van der Waals surface area contributed by atoms with Crippen LogP contribution in [-0.2, 0) is 73.7 Å². The molecule has 25 nitrogen and oxygen atoms in total. The Balaban J connectivity index is 1.94. The molecule has 2 atom stereocenters. The molecule has 0 aliphatic rings. The second-order valence-corrected chi connectivity index (χ2v) is 18.4. The van der Waals surface area contributed by atoms with Gasteiger partial charge >= 0.3 is 11.9 Å². The Morgan fingerprint density at radius 2 is 1.01 bits per heavy atom. The van der Waals surface area contributed by atoms with Crippen molar-refractivity contribution >= 4 is 57.3 Å². The normalized spacial score (nSPS) is 12.1. The van der Waals surface area contributed by atoms with Crippen LogP contribution in [0.4, 0.5) is 0 Å². The van der Waals surface area contributed by atoms with Crippen LogP contribution in [-0.4, -0.2) is 170 Å². The number of Topliss-reactive ketones (excluding diaryl/α,β-unsaturated/α-hetero) is 1. The minimum atomic E-state index is -3.84. The fraction of sp³-hybridized carbons (Fsp3) is 0.795. The maximum atomic E-state index is 12.3. The van der Waals surface area contributed by atoms with E-state index in [1.807, 2.05) is 0 Å². The van der Waals surface area contributed by atoms with Gasteiger partial charge in [-0.1, -0.05) is 75.8 Å². The highest BCUT2D eigenvalue weighted by molar-refractivity contribution is 7.90. The fourth-order valence-electron chi connectivity index (χ4n) is 6.57. The number of hydrogen-bond donors (Lipinski definition) is 8. The highest BCUT2D eigenvalue weighted by Gasteiger charge is 2.24. The minimum absolute atomic E-state index is 0.0212. The van der Waals surface area contributed by atoms with Crippen LogP contribution < -0.4 is 26.0 Å². The number of hydrogen-bond acceptors (Lipinski definition) is 17. The van der Waals surface area contributed by atoms with Crippen LogP contribution >= 0.6 is 0 Å². The minimum Gasteiger partial charge on any atom is -0.480 e. The van der Waals surface area contributed by atoms with E-state index in [1.165, 1.54) is 51.9 Å². The van der Waals surface area contributed by atoms with Crippen LogP contribution in [0, 0.1) is 0 Å². The van der Waals surface area contributed by atoms with Gasteiger partial charge < -0.3 is 55.2 Å². The number of aromatic nitrogens is 4. The van der Waals surface area contributed by atoms with Gasteiger partial charge in [-0.3, -0.25) is 28.7 Å². The van der Waals surface area contributed by atoms with Crippen LogP contribution in [0.3, 0.4) is 0 Å². The quantitative estimate of drug-likeness (QED) is 0.0422. The molecule has 1 heterocycles. The van der Waals surface area contributed by atoms with Gasteiger partial charge in [0.1, 0.15) is 31.1 Å². The molecule has 0 fully saturated rings. The van der Waals surface area contributed by atoms with Gasteiger partial charge in [-0.2, -0.15) is 5.21 Å². The van der Waals surface area contributed by atoms with Crippen molar-refractivity contribution in [3.05, 3.63) is 5.82 Å². The zero-order valence-electron chi connectivity index (χ0n) is 40.6. The van der Waals surface area contributed by atoms with E-state index < -0.39 is 64.3 Å². The molecule has 26 heteroatoms. The van der Waals surface area contributed by atoms with Gasteiger partial charge in [-0.15, -0.1) is 10.2 Å². The number of sulfonamides is 1. The Labute approximate surface area is 410 Å². The summed E-state index contributed by atoms with van der Waals surface area (Å²) < 4.78 is 47.8. The molecule has 0 saturated carbocycles. The van der Waals surface area contributed by atoms with Gasteiger partial charge in [0.15, 0.2) is 5.82 Å². The molecule has 0 aliphatic carbocycles. The number of aryl methyl sites for hydroxylation is 1. The number of ketones is 1. The predicted molar refractivity (Wildman–Crippen MR) is 251 cm³/mol. The third-order valence-corrected chi connectivity index (χ3v) is 11.7. The number of nitrogens with one attached hydrogen (secondary N) is 6. The van der Waals surface area contributed by atoms with Gasteiger partial charge in [-0.05, 0) is 39.0 Å². The molecule has 5 amide bonds. The van der Waals surface area contributed by atoms with E-state index in [-0.39, 0.29) is 122 Å². The highest BCUT2D eigenvalue weighted by Crippen LogP contribution is 2.14. The molecule has 0 bridgehead atoms. The first-order chi connectivity index (χ1) is 33.6. The zero-order chi connectivity index (χ0) is 51.7. The van der Waals surface area contributed by atoms with Crippen molar-refractivity contribution in [2.45, 2.75) is 154 Å². The molecule has 0 radical (unpaired) electrons. The number of amides is 5. The summed E-state index contributed by atoms with van der Waals surface area (Å²) in [4.78, 5) is 94.4. The Hall–Kier alpha value is -5.18. The summed E-state index contributed by atoms with van der Waals surface area (Å²) >= 11 is 0. The van der Waals surface area contributed by atoms with E-state index in [0.29, 0.717) is 6.42 Å². The molecule has 8 N–H and O–H groups in total. The number of rotatable bonds is 47. The third kappa shape index (κ3) is 37.7. The molecule has 0 aromatic carbocycles. The van der Waals surface area contributed by atoms with Crippen molar-refractivity contribution in [3.63, 3.8) is 0 Å². The monoisotopic (exact) mass is 1020 g/mol. The average Bonchev–Trinajstić information content (AvgIpc) is 3.82. The SMILES string of the molecule is CC(=O)CC[C@H](NC(=O)CC[C@H](NC(=O)COCCOCCNC(=O)COCCOCCNC(=O)CCCS(=O)(=O)NC(=O)CCCCCCCCCCCCCCCc1nn[nH]n1)C(=O)O)C(=O)O. The summed E-state index contributed by atoms with van der Waals surface area (Å²) in [5.41, 5.74) is 0. The summed E-state index contributed by atoms with van der Waals surface area (Å²) in [6.45, 7) is 1.50. The predicted octanol–water partition coefficient (Wildman–Crippen LogP) is 1.02. The van der Waals surface area contributed by atoms with Crippen molar-refractivity contribution < 1.29 is 75.9 Å². The zero-order valence-corrected chi connectivity index (χ0v) is 41.5. The molecule has 0 spiro atoms. The van der Waals surface area contributed by atoms with Crippen LogP contribution in [0.5, 0.6) is 0 Å². The van der Waals surface area contributed by atoms with Gasteiger partial charge in [-0.25, -0.2) is 18.0 Å². The number of carboxylic acids is 2. The number of carbonyl (C=O) groups is 8. The Kier molecular flexibility index (Phi) is 36.4. The molecular formula is C44H77N9O16S. The first-order valence-electron chi connectivity index (χ1n) is 24.2. The number of aliphatic carboxylic acids is 2. The summed E-state index contributed by atoms with van der Waals surface area (Å²) in [6, 6.07) is -2.74. The molecule has 1 rings (SSSR count). The lowest BCUT2D eigenvalue weighted by atomic mass is 10.0. The molecule has 0 saturated heterocycles. The second kappa shape index (κ2) is 40.5. The van der Waals surface area contributed by atoms with Gasteiger partial charge in [0.05, 0.1) is 45.4 Å². The average molecular weight is 1020 g/mol. The van der Waals surface area contributed by atoms with Crippen LogP contribution in [0.2, 0.25) is 0 Å². The largest absolute Gasteiger partial charge is 0.480 e. The summed E-state index contributed by atoms with van der Waals surface area (Å²) in [6.07, 6.45) is 14.6. The van der Waals surface area contributed by atoms with Crippen LogP contribution in [0.1, 0.15) is 141 Å². The molecule has 1 aromatic rings. The number of unbranched alkanes of at least 4 members (excludes halogenated alkanes) is 12. The number of carbonyl (C=O) groups excluding carboxylic acids is 6.